The van der Waals surface area contributed by atoms with Crippen molar-refractivity contribution in [2.45, 2.75) is 18.9 Å². The summed E-state index contributed by atoms with van der Waals surface area (Å²) in [7, 11) is -4.50. The van der Waals surface area contributed by atoms with Gasteiger partial charge in [-0.2, -0.15) is 8.42 Å². The second kappa shape index (κ2) is 6.66. The molecule has 0 bridgehead atoms. The number of aryl methyl sites for hydroxylation is 1. The standard InChI is InChI=1S/C13H15ClN2O5S/c1-9-2-4-10(5-3-9)7-21-8-16-6-11(14)12(15-13(16)17)22(18,19)20/h2-6,12H,7-8H2,1H3,(H,15,17)(H,18,19,20). The van der Waals surface area contributed by atoms with Gasteiger partial charge in [0.1, 0.15) is 6.73 Å². The van der Waals surface area contributed by atoms with Crippen molar-refractivity contribution >= 4 is 27.8 Å². The lowest BCUT2D eigenvalue weighted by Crippen LogP contribution is -2.50. The van der Waals surface area contributed by atoms with Gasteiger partial charge in [0.25, 0.3) is 10.1 Å². The molecule has 2 rings (SSSR count). The molecular weight excluding hydrogens is 332 g/mol. The van der Waals surface area contributed by atoms with Gasteiger partial charge in [-0.15, -0.1) is 0 Å². The zero-order chi connectivity index (χ0) is 16.3. The molecule has 0 spiro atoms. The van der Waals surface area contributed by atoms with Gasteiger partial charge in [-0.25, -0.2) is 4.79 Å². The fourth-order valence-corrected chi connectivity index (χ4v) is 2.90. The van der Waals surface area contributed by atoms with E-state index >= 15 is 0 Å². The van der Waals surface area contributed by atoms with E-state index < -0.39 is 21.5 Å². The summed E-state index contributed by atoms with van der Waals surface area (Å²) in [4.78, 5) is 12.8. The lowest BCUT2D eigenvalue weighted by Gasteiger charge is -2.27. The molecule has 7 nitrogen and oxygen atoms in total. The molecule has 1 aliphatic heterocycles. The Bertz CT molecular complexity index is 687. The monoisotopic (exact) mass is 346 g/mol. The van der Waals surface area contributed by atoms with Crippen LogP contribution in [0.5, 0.6) is 0 Å². The molecule has 1 heterocycles. The first-order valence-corrected chi connectivity index (χ1v) is 8.19. The normalized spacial score (nSPS) is 18.9. The van der Waals surface area contributed by atoms with Crippen LogP contribution in [0.1, 0.15) is 11.1 Å². The van der Waals surface area contributed by atoms with Crippen molar-refractivity contribution in [1.82, 2.24) is 10.2 Å². The average molecular weight is 347 g/mol. The molecule has 0 saturated heterocycles. The Hall–Kier alpha value is -1.61. The lowest BCUT2D eigenvalue weighted by molar-refractivity contribution is 0.0554. The van der Waals surface area contributed by atoms with Crippen LogP contribution in [-0.2, 0) is 21.5 Å². The SMILES string of the molecule is Cc1ccc(COCN2C=C(Cl)C(S(=O)(=O)O)NC2=O)cc1. The van der Waals surface area contributed by atoms with Crippen LogP contribution in [0, 0.1) is 6.92 Å². The highest BCUT2D eigenvalue weighted by molar-refractivity contribution is 7.86. The first kappa shape index (κ1) is 16.8. The summed E-state index contributed by atoms with van der Waals surface area (Å²) >= 11 is 5.75. The third-order valence-corrected chi connectivity index (χ3v) is 4.38. The molecule has 2 amide bonds. The molecule has 0 fully saturated rings. The van der Waals surface area contributed by atoms with Gasteiger partial charge in [-0.3, -0.25) is 9.45 Å². The first-order valence-electron chi connectivity index (χ1n) is 6.31. The van der Waals surface area contributed by atoms with Gasteiger partial charge in [0.15, 0.2) is 5.37 Å². The lowest BCUT2D eigenvalue weighted by atomic mass is 10.2. The largest absolute Gasteiger partial charge is 0.356 e. The molecule has 0 aromatic heterocycles. The summed E-state index contributed by atoms with van der Waals surface area (Å²) in [6.45, 7) is 2.16. The molecule has 1 aromatic carbocycles. The molecule has 1 aliphatic rings. The van der Waals surface area contributed by atoms with Crippen LogP contribution in [0.2, 0.25) is 0 Å². The smallest absolute Gasteiger partial charge is 0.324 e. The van der Waals surface area contributed by atoms with Crippen molar-refractivity contribution in [1.29, 1.82) is 0 Å². The van der Waals surface area contributed by atoms with Gasteiger partial charge in [-0.05, 0) is 12.5 Å². The van der Waals surface area contributed by atoms with Crippen LogP contribution in [0.25, 0.3) is 0 Å². The van der Waals surface area contributed by atoms with Crippen molar-refractivity contribution in [3.05, 3.63) is 46.6 Å². The second-order valence-electron chi connectivity index (χ2n) is 4.79. The number of amides is 2. The minimum atomic E-state index is -4.50. The molecule has 1 unspecified atom stereocenters. The third kappa shape index (κ3) is 4.20. The Morgan fingerprint density at radius 1 is 1.36 bits per heavy atom. The summed E-state index contributed by atoms with van der Waals surface area (Å²) in [5.74, 6) is 0. The summed E-state index contributed by atoms with van der Waals surface area (Å²) in [6, 6.07) is 6.97. The van der Waals surface area contributed by atoms with Crippen molar-refractivity contribution < 1.29 is 22.5 Å². The first-order chi connectivity index (χ1) is 10.3. The van der Waals surface area contributed by atoms with Crippen LogP contribution in [0.3, 0.4) is 0 Å². The van der Waals surface area contributed by atoms with Crippen molar-refractivity contribution in [3.63, 3.8) is 0 Å². The molecule has 9 heteroatoms. The summed E-state index contributed by atoms with van der Waals surface area (Å²) in [6.07, 6.45) is 1.12. The highest BCUT2D eigenvalue weighted by Crippen LogP contribution is 2.19. The molecule has 0 radical (unpaired) electrons. The summed E-state index contributed by atoms with van der Waals surface area (Å²) < 4.78 is 36.4. The quantitative estimate of drug-likeness (QED) is 0.792. The number of nitrogens with one attached hydrogen (secondary N) is 1. The van der Waals surface area contributed by atoms with Gasteiger partial charge < -0.3 is 10.1 Å². The average Bonchev–Trinajstić information content (AvgIpc) is 2.43. The molecule has 0 aliphatic carbocycles. The number of hydrogen-bond donors (Lipinski definition) is 2. The number of carbonyl (C=O) groups is 1. The molecule has 0 saturated carbocycles. The fourth-order valence-electron chi connectivity index (χ4n) is 1.80. The Labute approximate surface area is 133 Å². The maximum absolute atomic E-state index is 11.7. The van der Waals surface area contributed by atoms with E-state index in [1.54, 1.807) is 0 Å². The summed E-state index contributed by atoms with van der Waals surface area (Å²) in [5.41, 5.74) is 2.07. The van der Waals surface area contributed by atoms with Crippen molar-refractivity contribution in [2.75, 3.05) is 6.73 Å². The highest BCUT2D eigenvalue weighted by Gasteiger charge is 2.34. The number of rotatable bonds is 5. The van der Waals surface area contributed by atoms with Crippen molar-refractivity contribution in [2.24, 2.45) is 0 Å². The van der Waals surface area contributed by atoms with Gasteiger partial charge in [0.05, 0.1) is 11.6 Å². The zero-order valence-electron chi connectivity index (χ0n) is 11.7. The zero-order valence-corrected chi connectivity index (χ0v) is 13.3. The number of urea groups is 1. The highest BCUT2D eigenvalue weighted by atomic mass is 35.5. The predicted octanol–water partition coefficient (Wildman–Crippen LogP) is 1.79. The maximum Gasteiger partial charge on any atom is 0.324 e. The Morgan fingerprint density at radius 2 is 2.00 bits per heavy atom. The minimum absolute atomic E-state index is 0.103. The van der Waals surface area contributed by atoms with E-state index in [-0.39, 0.29) is 18.4 Å². The predicted molar refractivity (Wildman–Crippen MR) is 80.5 cm³/mol. The maximum atomic E-state index is 11.7. The van der Waals surface area contributed by atoms with Gasteiger partial charge in [0.2, 0.25) is 0 Å². The van der Waals surface area contributed by atoms with E-state index in [1.807, 2.05) is 31.2 Å². The molecular formula is C13H15ClN2O5S. The van der Waals surface area contributed by atoms with Gasteiger partial charge in [0, 0.05) is 6.20 Å². The minimum Gasteiger partial charge on any atom is -0.356 e. The number of nitrogens with zero attached hydrogens (tertiary/aromatic N) is 1. The number of carbonyl (C=O) groups excluding carboxylic acids is 1. The third-order valence-electron chi connectivity index (χ3n) is 2.96. The Balaban J connectivity index is 1.95. The number of benzene rings is 1. The van der Waals surface area contributed by atoms with Crippen LogP contribution < -0.4 is 5.32 Å². The van der Waals surface area contributed by atoms with Crippen molar-refractivity contribution in [3.8, 4) is 0 Å². The molecule has 120 valence electrons. The molecule has 22 heavy (non-hydrogen) atoms. The van der Waals surface area contributed by atoms with Crippen LogP contribution in [0.15, 0.2) is 35.5 Å². The Kier molecular flexibility index (Phi) is 5.07. The van der Waals surface area contributed by atoms with Crippen LogP contribution in [0.4, 0.5) is 4.79 Å². The fraction of sp³-hybridized carbons (Fsp3) is 0.308. The van der Waals surface area contributed by atoms with E-state index in [9.17, 15) is 13.2 Å². The molecule has 2 N–H and O–H groups in total. The van der Waals surface area contributed by atoms with E-state index in [2.05, 4.69) is 5.32 Å². The summed E-state index contributed by atoms with van der Waals surface area (Å²) in [5, 5.41) is 0.216. The topological polar surface area (TPSA) is 95.9 Å². The van der Waals surface area contributed by atoms with Crippen LogP contribution >= 0.6 is 11.6 Å². The van der Waals surface area contributed by atoms with E-state index in [0.717, 1.165) is 22.2 Å². The molecule has 1 atom stereocenters. The molecule has 1 aromatic rings. The van der Waals surface area contributed by atoms with Gasteiger partial charge in [-0.1, -0.05) is 41.4 Å². The number of halogens is 1. The Morgan fingerprint density at radius 3 is 2.59 bits per heavy atom. The number of ether oxygens (including phenoxy) is 1. The van der Waals surface area contributed by atoms with Crippen LogP contribution in [-0.4, -0.2) is 36.0 Å². The van der Waals surface area contributed by atoms with Gasteiger partial charge >= 0.3 is 6.03 Å². The van der Waals surface area contributed by atoms with E-state index in [4.69, 9.17) is 20.9 Å². The number of hydrogen-bond acceptors (Lipinski definition) is 4. The van der Waals surface area contributed by atoms with E-state index in [1.165, 1.54) is 0 Å². The second-order valence-corrected chi connectivity index (χ2v) is 6.73. The van der Waals surface area contributed by atoms with E-state index in [0.29, 0.717) is 0 Å².